The quantitative estimate of drug-likeness (QED) is 0.790. The summed E-state index contributed by atoms with van der Waals surface area (Å²) >= 11 is 5.81. The Morgan fingerprint density at radius 1 is 1.48 bits per heavy atom. The molecule has 1 heterocycles. The average Bonchev–Trinajstić information content (AvgIpc) is 2.74. The summed E-state index contributed by atoms with van der Waals surface area (Å²) in [5.74, 6) is 1.16. The van der Waals surface area contributed by atoms with E-state index in [0.717, 1.165) is 16.9 Å². The Morgan fingerprint density at radius 3 is 2.76 bits per heavy atom. The van der Waals surface area contributed by atoms with E-state index in [0.29, 0.717) is 17.9 Å². The molecule has 7 heteroatoms. The molecule has 0 N–H and O–H groups in total. The van der Waals surface area contributed by atoms with Crippen LogP contribution in [-0.4, -0.2) is 35.9 Å². The summed E-state index contributed by atoms with van der Waals surface area (Å²) in [6.45, 7) is 1.83. The van der Waals surface area contributed by atoms with Crippen LogP contribution in [0.15, 0.2) is 18.2 Å². The maximum absolute atomic E-state index is 11.6. The number of nitriles is 1. The van der Waals surface area contributed by atoms with Gasteiger partial charge in [-0.25, -0.2) is 13.4 Å². The van der Waals surface area contributed by atoms with Crippen molar-refractivity contribution >= 4 is 32.5 Å². The Labute approximate surface area is 129 Å². The summed E-state index contributed by atoms with van der Waals surface area (Å²) in [4.78, 5) is 4.50. The molecule has 21 heavy (non-hydrogen) atoms. The largest absolute Gasteiger partial charge is 0.324 e. The lowest BCUT2D eigenvalue weighted by Gasteiger charge is -2.16. The van der Waals surface area contributed by atoms with Crippen molar-refractivity contribution in [1.29, 1.82) is 5.26 Å². The van der Waals surface area contributed by atoms with Crippen molar-refractivity contribution in [2.75, 3.05) is 17.9 Å². The Kier molecular flexibility index (Phi) is 4.55. The Hall–Kier alpha value is -1.58. The average molecular weight is 326 g/mol. The molecule has 112 valence electrons. The molecule has 0 aliphatic heterocycles. The molecule has 5 nitrogen and oxygen atoms in total. The standard InChI is InChI=1S/C14H16ClN3O2S/c1-10(9-21(2,19)20)18-13-7-11(8-16)3-4-12(13)17-14(18)5-6-15/h3-4,7,10H,5-6,9H2,1-2H3. The fourth-order valence-electron chi connectivity index (χ4n) is 2.48. The van der Waals surface area contributed by atoms with Crippen molar-refractivity contribution in [2.45, 2.75) is 19.4 Å². The van der Waals surface area contributed by atoms with E-state index in [1.807, 2.05) is 11.5 Å². The summed E-state index contributed by atoms with van der Waals surface area (Å²) in [6.07, 6.45) is 1.76. The molecule has 0 bridgehead atoms. The summed E-state index contributed by atoms with van der Waals surface area (Å²) in [6, 6.07) is 7.03. The highest BCUT2D eigenvalue weighted by atomic mass is 35.5. The van der Waals surface area contributed by atoms with Gasteiger partial charge in [-0.05, 0) is 25.1 Å². The molecule has 0 saturated carbocycles. The lowest BCUT2D eigenvalue weighted by Crippen LogP contribution is -2.18. The van der Waals surface area contributed by atoms with Crippen molar-refractivity contribution in [1.82, 2.24) is 9.55 Å². The first-order valence-electron chi connectivity index (χ1n) is 6.50. The van der Waals surface area contributed by atoms with Crippen molar-refractivity contribution in [2.24, 2.45) is 0 Å². The second-order valence-corrected chi connectivity index (χ2v) is 7.66. The fourth-order valence-corrected chi connectivity index (χ4v) is 3.67. The minimum absolute atomic E-state index is 0.0184. The maximum atomic E-state index is 11.6. The van der Waals surface area contributed by atoms with Gasteiger partial charge in [-0.1, -0.05) is 0 Å². The van der Waals surface area contributed by atoms with Crippen LogP contribution in [0.2, 0.25) is 0 Å². The van der Waals surface area contributed by atoms with Gasteiger partial charge in [0.2, 0.25) is 0 Å². The van der Waals surface area contributed by atoms with Crippen molar-refractivity contribution < 1.29 is 8.42 Å². The monoisotopic (exact) mass is 325 g/mol. The van der Waals surface area contributed by atoms with Gasteiger partial charge in [0, 0.05) is 24.6 Å². The molecule has 2 aromatic rings. The molecule has 0 fully saturated rings. The number of fused-ring (bicyclic) bond motifs is 1. The van der Waals surface area contributed by atoms with E-state index in [2.05, 4.69) is 11.1 Å². The van der Waals surface area contributed by atoms with Crippen LogP contribution in [0, 0.1) is 11.3 Å². The first kappa shape index (κ1) is 15.8. The number of nitrogens with zero attached hydrogens (tertiary/aromatic N) is 3. The maximum Gasteiger partial charge on any atom is 0.149 e. The molecule has 1 aromatic heterocycles. The van der Waals surface area contributed by atoms with E-state index in [1.165, 1.54) is 6.26 Å². The van der Waals surface area contributed by atoms with Crippen LogP contribution in [0.4, 0.5) is 0 Å². The molecule has 1 atom stereocenters. The number of sulfone groups is 1. The third kappa shape index (κ3) is 3.55. The van der Waals surface area contributed by atoms with Gasteiger partial charge in [0.1, 0.15) is 15.7 Å². The van der Waals surface area contributed by atoms with Gasteiger partial charge in [0.25, 0.3) is 0 Å². The second-order valence-electron chi connectivity index (χ2n) is 5.09. The molecular weight excluding hydrogens is 310 g/mol. The molecule has 1 unspecified atom stereocenters. The van der Waals surface area contributed by atoms with E-state index in [1.54, 1.807) is 18.2 Å². The van der Waals surface area contributed by atoms with E-state index in [-0.39, 0.29) is 11.8 Å². The smallest absolute Gasteiger partial charge is 0.149 e. The van der Waals surface area contributed by atoms with Gasteiger partial charge >= 0.3 is 0 Å². The van der Waals surface area contributed by atoms with Crippen LogP contribution < -0.4 is 0 Å². The number of aryl methyl sites for hydroxylation is 1. The summed E-state index contributed by atoms with van der Waals surface area (Å²) in [7, 11) is -3.11. The summed E-state index contributed by atoms with van der Waals surface area (Å²) in [5, 5.41) is 9.03. The van der Waals surface area contributed by atoms with E-state index in [4.69, 9.17) is 16.9 Å². The molecule has 2 rings (SSSR count). The first-order chi connectivity index (χ1) is 9.85. The van der Waals surface area contributed by atoms with Crippen molar-refractivity contribution in [3.8, 4) is 6.07 Å². The van der Waals surface area contributed by atoms with Gasteiger partial charge in [-0.2, -0.15) is 5.26 Å². The van der Waals surface area contributed by atoms with Crippen LogP contribution in [0.3, 0.4) is 0 Å². The van der Waals surface area contributed by atoms with Crippen LogP contribution in [0.25, 0.3) is 11.0 Å². The fraction of sp³-hybridized carbons (Fsp3) is 0.429. The SMILES string of the molecule is CC(CS(C)(=O)=O)n1c(CCCl)nc2ccc(C#N)cc21. The zero-order chi connectivity index (χ0) is 15.6. The lowest BCUT2D eigenvalue weighted by atomic mass is 10.2. The van der Waals surface area contributed by atoms with Gasteiger partial charge in [-0.15, -0.1) is 11.6 Å². The van der Waals surface area contributed by atoms with Crippen LogP contribution in [0.5, 0.6) is 0 Å². The highest BCUT2D eigenvalue weighted by Gasteiger charge is 2.19. The Morgan fingerprint density at radius 2 is 2.19 bits per heavy atom. The number of halogens is 1. The van der Waals surface area contributed by atoms with Gasteiger partial charge < -0.3 is 4.57 Å². The third-order valence-corrected chi connectivity index (χ3v) is 4.47. The van der Waals surface area contributed by atoms with Crippen molar-refractivity contribution in [3.63, 3.8) is 0 Å². The molecule has 0 aliphatic carbocycles. The third-order valence-electron chi connectivity index (χ3n) is 3.19. The highest BCUT2D eigenvalue weighted by Crippen LogP contribution is 2.24. The van der Waals surface area contributed by atoms with E-state index in [9.17, 15) is 8.42 Å². The Bertz CT molecular complexity index is 805. The minimum atomic E-state index is -3.11. The number of hydrogen-bond acceptors (Lipinski definition) is 4. The van der Waals surface area contributed by atoms with Crippen LogP contribution >= 0.6 is 11.6 Å². The number of benzene rings is 1. The molecule has 1 aromatic carbocycles. The zero-order valence-corrected chi connectivity index (χ0v) is 13.4. The predicted octanol–water partition coefficient (Wildman–Crippen LogP) is 2.29. The Balaban J connectivity index is 2.61. The van der Waals surface area contributed by atoms with Gasteiger partial charge in [0.05, 0.1) is 28.4 Å². The first-order valence-corrected chi connectivity index (χ1v) is 9.10. The normalized spacial score (nSPS) is 13.2. The summed E-state index contributed by atoms with van der Waals surface area (Å²) in [5.41, 5.74) is 2.03. The van der Waals surface area contributed by atoms with Crippen LogP contribution in [0.1, 0.15) is 24.4 Å². The number of aromatic nitrogens is 2. The number of imidazole rings is 1. The zero-order valence-electron chi connectivity index (χ0n) is 11.9. The topological polar surface area (TPSA) is 75.8 Å². The molecule has 0 amide bonds. The van der Waals surface area contributed by atoms with Gasteiger partial charge in [-0.3, -0.25) is 0 Å². The van der Waals surface area contributed by atoms with E-state index < -0.39 is 9.84 Å². The lowest BCUT2D eigenvalue weighted by molar-refractivity contribution is 0.557. The van der Waals surface area contributed by atoms with E-state index >= 15 is 0 Å². The highest BCUT2D eigenvalue weighted by molar-refractivity contribution is 7.90. The molecule has 0 spiro atoms. The van der Waals surface area contributed by atoms with Gasteiger partial charge in [0.15, 0.2) is 0 Å². The minimum Gasteiger partial charge on any atom is -0.324 e. The number of rotatable bonds is 5. The molecule has 0 aliphatic rings. The number of alkyl halides is 1. The number of hydrogen-bond donors (Lipinski definition) is 0. The van der Waals surface area contributed by atoms with Crippen molar-refractivity contribution in [3.05, 3.63) is 29.6 Å². The molecule has 0 radical (unpaired) electrons. The summed E-state index contributed by atoms with van der Waals surface area (Å²) < 4.78 is 25.0. The predicted molar refractivity (Wildman–Crippen MR) is 83.3 cm³/mol. The molecule has 0 saturated heterocycles. The molecular formula is C14H16ClN3O2S. The second kappa shape index (κ2) is 6.04. The van der Waals surface area contributed by atoms with Crippen LogP contribution in [-0.2, 0) is 16.3 Å².